The smallest absolute Gasteiger partial charge is 0.417 e. The molecule has 51 heavy (non-hydrogen) atoms. The molecule has 0 saturated carbocycles. The zero-order chi connectivity index (χ0) is 37.0. The van der Waals surface area contributed by atoms with Crippen molar-refractivity contribution in [1.29, 1.82) is 0 Å². The number of ether oxygens (including phenoxy) is 2. The van der Waals surface area contributed by atoms with Crippen LogP contribution in [0.15, 0.2) is 84.0 Å². The third-order valence-electron chi connectivity index (χ3n) is 8.33. The Kier molecular flexibility index (Phi) is 11.4. The maximum absolute atomic E-state index is 14.2. The van der Waals surface area contributed by atoms with E-state index in [1.165, 1.54) is 35.7 Å². The van der Waals surface area contributed by atoms with Crippen LogP contribution < -0.4 is 19.7 Å². The van der Waals surface area contributed by atoms with Gasteiger partial charge >= 0.3 is 6.18 Å². The Morgan fingerprint density at radius 1 is 0.922 bits per heavy atom. The normalized spacial score (nSPS) is 15.0. The average molecular weight is 753 g/mol. The number of halogens is 6. The van der Waals surface area contributed by atoms with Crippen LogP contribution in [0.3, 0.4) is 0 Å². The highest BCUT2D eigenvalue weighted by Gasteiger charge is 2.37. The number of sulfonamides is 1. The molecule has 1 fully saturated rings. The summed E-state index contributed by atoms with van der Waals surface area (Å²) in [5.41, 5.74) is -0.496. The van der Waals surface area contributed by atoms with Gasteiger partial charge in [0.2, 0.25) is 5.92 Å². The molecule has 16 heteroatoms. The minimum atomic E-state index is -4.88. The lowest BCUT2D eigenvalue weighted by atomic mass is 10.1. The van der Waals surface area contributed by atoms with Crippen LogP contribution in [-0.4, -0.2) is 56.8 Å². The van der Waals surface area contributed by atoms with Gasteiger partial charge in [-0.1, -0.05) is 35.9 Å². The molecule has 0 aliphatic carbocycles. The fraction of sp³-hybridized carbons (Fsp3) is 0.314. The second kappa shape index (κ2) is 15.4. The summed E-state index contributed by atoms with van der Waals surface area (Å²) < 4.78 is 110. The molecular formula is C35H34ClF5N4O5S. The van der Waals surface area contributed by atoms with Gasteiger partial charge in [0, 0.05) is 57.0 Å². The summed E-state index contributed by atoms with van der Waals surface area (Å²) in [6.45, 7) is -0.440. The standard InChI is InChI=1S/C35H34ClF5N4O5S/c1-49-26-8-4-23(5-9-26)21-45(22-24-6-10-27(50-2)11-7-24)51(47,48)32-18-25(12-15-42-32)43-33(46)28-19-30(36)29(35(39,40)41)20-31(28)44-16-3-13-34(37,38)14-17-44/h4-12,15,18-20H,3,13-14,16-17,21-22H2,1-2H3,(H,42,43,46). The minimum absolute atomic E-state index is 0.0207. The fourth-order valence-corrected chi connectivity index (χ4v) is 7.22. The summed E-state index contributed by atoms with van der Waals surface area (Å²) in [6.07, 6.45) is -4.80. The van der Waals surface area contributed by atoms with Gasteiger partial charge in [-0.05, 0) is 60.0 Å². The second-order valence-corrected chi connectivity index (χ2v) is 14.1. The number of carbonyl (C=O) groups excluding carboxylic acids is 1. The third kappa shape index (κ3) is 9.26. The number of rotatable bonds is 11. The van der Waals surface area contributed by atoms with Crippen molar-refractivity contribution in [2.24, 2.45) is 0 Å². The van der Waals surface area contributed by atoms with Gasteiger partial charge in [-0.25, -0.2) is 22.2 Å². The molecule has 272 valence electrons. The summed E-state index contributed by atoms with van der Waals surface area (Å²) in [4.78, 5) is 19.0. The first kappa shape index (κ1) is 37.8. The predicted molar refractivity (Wildman–Crippen MR) is 182 cm³/mol. The molecule has 1 N–H and O–H groups in total. The number of nitrogens with zero attached hydrogens (tertiary/aromatic N) is 3. The van der Waals surface area contributed by atoms with E-state index in [-0.39, 0.29) is 49.5 Å². The molecule has 0 unspecified atom stereocenters. The van der Waals surface area contributed by atoms with Gasteiger partial charge in [-0.3, -0.25) is 4.79 Å². The number of nitrogens with one attached hydrogen (secondary N) is 1. The lowest BCUT2D eigenvalue weighted by Crippen LogP contribution is -2.31. The molecule has 1 aliphatic rings. The molecule has 0 bridgehead atoms. The van der Waals surface area contributed by atoms with Crippen LogP contribution >= 0.6 is 11.6 Å². The summed E-state index contributed by atoms with van der Waals surface area (Å²) in [6, 6.07) is 17.6. The minimum Gasteiger partial charge on any atom is -0.497 e. The first-order chi connectivity index (χ1) is 24.1. The SMILES string of the molecule is COc1ccc(CN(Cc2ccc(OC)cc2)S(=O)(=O)c2cc(NC(=O)c3cc(Cl)c(C(F)(F)F)cc3N3CCCC(F)(F)CC3)ccn2)cc1. The first-order valence-electron chi connectivity index (χ1n) is 15.7. The van der Waals surface area contributed by atoms with Crippen molar-refractivity contribution in [2.75, 3.05) is 37.5 Å². The molecule has 0 spiro atoms. The lowest BCUT2D eigenvalue weighted by molar-refractivity contribution is -0.137. The van der Waals surface area contributed by atoms with Crippen molar-refractivity contribution in [2.45, 2.75) is 49.5 Å². The highest BCUT2D eigenvalue weighted by molar-refractivity contribution is 7.89. The number of carbonyl (C=O) groups is 1. The number of hydrogen-bond acceptors (Lipinski definition) is 7. The van der Waals surface area contributed by atoms with Crippen LogP contribution in [0.5, 0.6) is 11.5 Å². The van der Waals surface area contributed by atoms with Crippen LogP contribution in [0.2, 0.25) is 5.02 Å². The number of anilines is 2. The molecule has 1 amide bonds. The monoisotopic (exact) mass is 752 g/mol. The molecule has 1 saturated heterocycles. The fourth-order valence-electron chi connectivity index (χ4n) is 5.58. The molecule has 5 rings (SSSR count). The summed E-state index contributed by atoms with van der Waals surface area (Å²) in [5, 5.41) is 1.35. The molecule has 2 heterocycles. The predicted octanol–water partition coefficient (Wildman–Crippen LogP) is 8.04. The van der Waals surface area contributed by atoms with Crippen LogP contribution in [0.4, 0.5) is 33.3 Å². The number of methoxy groups -OCH3 is 2. The molecule has 4 aromatic rings. The molecule has 1 aliphatic heterocycles. The van der Waals surface area contributed by atoms with Crippen molar-refractivity contribution < 1.29 is 44.6 Å². The van der Waals surface area contributed by atoms with E-state index in [9.17, 15) is 35.2 Å². The molecule has 0 atom stereocenters. The Hall–Kier alpha value is -4.47. The van der Waals surface area contributed by atoms with Crippen molar-refractivity contribution >= 4 is 38.9 Å². The summed E-state index contributed by atoms with van der Waals surface area (Å²) in [5.74, 6) is -2.77. The average Bonchev–Trinajstić information content (AvgIpc) is 3.28. The van der Waals surface area contributed by atoms with Gasteiger partial charge < -0.3 is 19.7 Å². The van der Waals surface area contributed by atoms with Gasteiger partial charge in [-0.15, -0.1) is 0 Å². The Balaban J connectivity index is 1.47. The second-order valence-electron chi connectivity index (χ2n) is 11.8. The zero-order valence-corrected chi connectivity index (χ0v) is 29.1. The van der Waals surface area contributed by atoms with Crippen LogP contribution in [0, 0.1) is 0 Å². The third-order valence-corrected chi connectivity index (χ3v) is 10.3. The summed E-state index contributed by atoms with van der Waals surface area (Å²) >= 11 is 5.99. The van der Waals surface area contributed by atoms with E-state index in [1.807, 2.05) is 0 Å². The van der Waals surface area contributed by atoms with Crippen LogP contribution in [0.1, 0.15) is 46.3 Å². The first-order valence-corrected chi connectivity index (χ1v) is 17.5. The Labute approximate surface area is 297 Å². The van der Waals surface area contributed by atoms with E-state index in [2.05, 4.69) is 10.3 Å². The largest absolute Gasteiger partial charge is 0.497 e. The van der Waals surface area contributed by atoms with E-state index in [4.69, 9.17) is 21.1 Å². The van der Waals surface area contributed by atoms with Crippen molar-refractivity contribution in [3.63, 3.8) is 0 Å². The number of pyridine rings is 1. The van der Waals surface area contributed by atoms with Crippen molar-refractivity contribution in [1.82, 2.24) is 9.29 Å². The van der Waals surface area contributed by atoms with E-state index in [0.29, 0.717) is 28.7 Å². The summed E-state index contributed by atoms with van der Waals surface area (Å²) in [7, 11) is -1.32. The Bertz CT molecular complexity index is 1910. The highest BCUT2D eigenvalue weighted by atomic mass is 35.5. The van der Waals surface area contributed by atoms with Crippen LogP contribution in [-0.2, 0) is 29.3 Å². The molecule has 1 aromatic heterocycles. The lowest BCUT2D eigenvalue weighted by Gasteiger charge is -2.27. The zero-order valence-electron chi connectivity index (χ0n) is 27.5. The van der Waals surface area contributed by atoms with Crippen molar-refractivity contribution in [3.8, 4) is 11.5 Å². The Morgan fingerprint density at radius 2 is 1.51 bits per heavy atom. The van der Waals surface area contributed by atoms with E-state index in [1.54, 1.807) is 48.5 Å². The molecule has 0 radical (unpaired) electrons. The number of amides is 1. The maximum atomic E-state index is 14.2. The number of benzene rings is 3. The molecular weight excluding hydrogens is 719 g/mol. The van der Waals surface area contributed by atoms with E-state index < -0.39 is 56.5 Å². The van der Waals surface area contributed by atoms with E-state index >= 15 is 0 Å². The van der Waals surface area contributed by atoms with Gasteiger partial charge in [-0.2, -0.15) is 17.5 Å². The van der Waals surface area contributed by atoms with Gasteiger partial charge in [0.15, 0.2) is 5.03 Å². The maximum Gasteiger partial charge on any atom is 0.417 e. The highest BCUT2D eigenvalue weighted by Crippen LogP contribution is 2.40. The quantitative estimate of drug-likeness (QED) is 0.155. The number of alkyl halides is 5. The van der Waals surface area contributed by atoms with Gasteiger partial charge in [0.25, 0.3) is 15.9 Å². The van der Waals surface area contributed by atoms with Gasteiger partial charge in [0.05, 0.1) is 36.1 Å². The number of hydrogen-bond donors (Lipinski definition) is 1. The Morgan fingerprint density at radius 3 is 2.06 bits per heavy atom. The molecule has 3 aromatic carbocycles. The number of aromatic nitrogens is 1. The van der Waals surface area contributed by atoms with Crippen LogP contribution in [0.25, 0.3) is 0 Å². The van der Waals surface area contributed by atoms with E-state index in [0.717, 1.165) is 12.1 Å². The molecule has 9 nitrogen and oxygen atoms in total. The van der Waals surface area contributed by atoms with Gasteiger partial charge in [0.1, 0.15) is 11.5 Å². The topological polar surface area (TPSA) is 101 Å². The van der Waals surface area contributed by atoms with Crippen molar-refractivity contribution in [3.05, 3.63) is 106 Å².